The van der Waals surface area contributed by atoms with Crippen LogP contribution in [0.5, 0.6) is 11.5 Å². The third-order valence-corrected chi connectivity index (χ3v) is 8.55. The maximum atomic E-state index is 14.7. The van der Waals surface area contributed by atoms with Crippen LogP contribution in [-0.2, 0) is 21.1 Å². The molecule has 12 nitrogen and oxygen atoms in total. The fraction of sp³-hybridized carbons (Fsp3) is 0.320. The van der Waals surface area contributed by atoms with Crippen LogP contribution in [0.1, 0.15) is 17.4 Å². The fourth-order valence-corrected chi connectivity index (χ4v) is 6.17. The number of fused-ring (bicyclic) bond motifs is 1. The molecule has 3 heterocycles. The Morgan fingerprint density at radius 2 is 1.68 bits per heavy atom. The lowest BCUT2D eigenvalue weighted by atomic mass is 9.96. The Kier molecular flexibility index (Phi) is 7.85. The lowest BCUT2D eigenvalue weighted by Crippen LogP contribution is -2.52. The third kappa shape index (κ3) is 5.69. The van der Waals surface area contributed by atoms with E-state index in [0.717, 1.165) is 22.0 Å². The molecule has 0 amide bonds. The maximum absolute atomic E-state index is 14.7. The van der Waals surface area contributed by atoms with E-state index in [2.05, 4.69) is 15.0 Å². The second kappa shape index (κ2) is 11.1. The van der Waals surface area contributed by atoms with Crippen molar-refractivity contribution in [1.29, 1.82) is 0 Å². The second-order valence-electron chi connectivity index (χ2n) is 9.50. The first kappa shape index (κ1) is 29.0. The van der Waals surface area contributed by atoms with Gasteiger partial charge in [0.05, 0.1) is 12.9 Å². The van der Waals surface area contributed by atoms with Gasteiger partial charge in [0.2, 0.25) is 5.95 Å². The van der Waals surface area contributed by atoms with Crippen molar-refractivity contribution in [3.8, 4) is 11.5 Å². The first-order valence-electron chi connectivity index (χ1n) is 12.2. The summed E-state index contributed by atoms with van der Waals surface area (Å²) in [5, 5.41) is 21.7. The first-order chi connectivity index (χ1) is 19.4. The predicted molar refractivity (Wildman–Crippen MR) is 147 cm³/mol. The topological polar surface area (TPSA) is 167 Å². The highest BCUT2D eigenvalue weighted by Gasteiger charge is 2.61. The molecule has 5 N–H and O–H groups in total. The quantitative estimate of drug-likeness (QED) is 0.206. The largest absolute Gasteiger partial charge is 0.435 e. The third-order valence-electron chi connectivity index (χ3n) is 6.48. The van der Waals surface area contributed by atoms with E-state index in [1.54, 1.807) is 48.5 Å². The van der Waals surface area contributed by atoms with E-state index in [9.17, 15) is 23.8 Å². The number of anilines is 1. The van der Waals surface area contributed by atoms with Crippen LogP contribution in [0.15, 0.2) is 59.7 Å². The van der Waals surface area contributed by atoms with E-state index in [1.165, 1.54) is 0 Å². The van der Waals surface area contributed by atoms with Gasteiger partial charge in [-0.3, -0.25) is 18.9 Å². The normalized spacial score (nSPS) is 22.9. The summed E-state index contributed by atoms with van der Waals surface area (Å²) in [7, 11) is 0. The molecule has 0 bridgehead atoms. The average molecular weight is 610 g/mol. The number of nitrogens with two attached hydrogens (primary N) is 1. The van der Waals surface area contributed by atoms with Gasteiger partial charge in [-0.05, 0) is 38.1 Å². The molecule has 2 aromatic heterocycles. The number of aryl methyl sites for hydroxylation is 2. The summed E-state index contributed by atoms with van der Waals surface area (Å²) in [6, 6.07) is 13.5. The van der Waals surface area contributed by atoms with Gasteiger partial charge < -0.3 is 29.7 Å². The predicted octanol–water partition coefficient (Wildman–Crippen LogP) is 2.97. The molecule has 0 spiro atoms. The molecule has 2 aromatic carbocycles. The number of aliphatic hydroxyl groups is 2. The number of nitrogens with zero attached hydrogens (tertiary/aromatic N) is 3. The average Bonchev–Trinajstić information content (AvgIpc) is 3.45. The first-order valence-corrected chi connectivity index (χ1v) is 14.8. The smallest absolute Gasteiger partial charge is 0.416 e. The minimum Gasteiger partial charge on any atom is -0.416 e. The summed E-state index contributed by atoms with van der Waals surface area (Å²) in [5.41, 5.74) is 3.69. The number of aromatic nitrogens is 4. The number of H-pyrrole nitrogens is 1. The SMILES string of the molecule is Cc1ccc(OP(=S)(OC[C@@]2(C(F)F)O[C@@H](n3cnc4c(=O)[nH]c(N)nc43)[C@@H](O)[C@@H]2O)Oc2ccc(C)cc2)cc1. The van der Waals surface area contributed by atoms with Crippen LogP contribution in [0.2, 0.25) is 0 Å². The molecule has 1 aliphatic heterocycles. The van der Waals surface area contributed by atoms with E-state index < -0.39 is 49.3 Å². The molecule has 1 fully saturated rings. The standard InChI is InChI=1S/C25H26F2N5O7PS/c1-13-3-7-15(8-4-13)38-40(41,39-16-9-5-14(2)6-10-16)36-11-25(23(26)27)19(34)18(33)22(37-25)32-12-29-17-20(32)30-24(28)31-21(17)35/h3-10,12,18-19,22-23,33-34H,11H2,1-2H3,(H3,28,30,31,35)/t18-,19-,22+,25+/m0/s1. The van der Waals surface area contributed by atoms with E-state index >= 15 is 0 Å². The number of nitrogen functional groups attached to an aromatic ring is 1. The van der Waals surface area contributed by atoms with Crippen molar-refractivity contribution in [1.82, 2.24) is 19.5 Å². The number of hydrogen-bond acceptors (Lipinski definition) is 11. The maximum Gasteiger partial charge on any atom is 0.435 e. The lowest BCUT2D eigenvalue weighted by Gasteiger charge is -2.33. The minimum atomic E-state index is -3.87. The fourth-order valence-electron chi connectivity index (χ4n) is 4.23. The van der Waals surface area contributed by atoms with E-state index in [0.29, 0.717) is 0 Å². The van der Waals surface area contributed by atoms with Gasteiger partial charge in [0, 0.05) is 11.8 Å². The Morgan fingerprint density at radius 1 is 1.12 bits per heavy atom. The van der Waals surface area contributed by atoms with Crippen LogP contribution in [0.25, 0.3) is 11.2 Å². The number of halogens is 2. The van der Waals surface area contributed by atoms with Crippen molar-refractivity contribution in [2.45, 2.75) is 44.3 Å². The van der Waals surface area contributed by atoms with Crippen molar-refractivity contribution in [2.24, 2.45) is 0 Å². The van der Waals surface area contributed by atoms with E-state index in [1.807, 2.05) is 13.8 Å². The summed E-state index contributed by atoms with van der Waals surface area (Å²) >= 11 is 5.59. The molecule has 0 saturated carbocycles. The number of hydrogen-bond donors (Lipinski definition) is 4. The van der Waals surface area contributed by atoms with Crippen LogP contribution in [0, 0.1) is 13.8 Å². The number of rotatable bonds is 9. The Bertz CT molecular complexity index is 1600. The van der Waals surface area contributed by atoms with Gasteiger partial charge in [-0.1, -0.05) is 35.4 Å². The summed E-state index contributed by atoms with van der Waals surface area (Å²) in [6.07, 6.45) is -8.06. The highest BCUT2D eigenvalue weighted by Crippen LogP contribution is 2.52. The number of nitrogens with one attached hydrogen (secondary N) is 1. The Morgan fingerprint density at radius 3 is 2.22 bits per heavy atom. The molecule has 218 valence electrons. The van der Waals surface area contributed by atoms with Gasteiger partial charge in [-0.2, -0.15) is 4.98 Å². The van der Waals surface area contributed by atoms with Crippen LogP contribution in [-0.4, -0.2) is 60.6 Å². The molecular formula is C25H26F2N5O7PS. The van der Waals surface area contributed by atoms with E-state index in [-0.39, 0.29) is 28.6 Å². The zero-order valence-electron chi connectivity index (χ0n) is 21.7. The van der Waals surface area contributed by atoms with Gasteiger partial charge in [0.25, 0.3) is 12.0 Å². The lowest BCUT2D eigenvalue weighted by molar-refractivity contribution is -0.191. The van der Waals surface area contributed by atoms with Crippen molar-refractivity contribution in [3.63, 3.8) is 0 Å². The number of aliphatic hydroxyl groups excluding tert-OH is 2. The molecule has 4 atom stereocenters. The van der Waals surface area contributed by atoms with Crippen molar-refractivity contribution < 1.29 is 37.3 Å². The molecular weight excluding hydrogens is 583 g/mol. The molecule has 41 heavy (non-hydrogen) atoms. The molecule has 0 radical (unpaired) electrons. The number of ether oxygens (including phenoxy) is 1. The second-order valence-corrected chi connectivity index (χ2v) is 12.4. The molecule has 1 saturated heterocycles. The number of imidazole rings is 1. The van der Waals surface area contributed by atoms with Crippen LogP contribution >= 0.6 is 6.72 Å². The van der Waals surface area contributed by atoms with Crippen molar-refractivity contribution >= 4 is 35.6 Å². The Balaban J connectivity index is 1.46. The molecule has 1 aliphatic rings. The van der Waals surface area contributed by atoms with Crippen LogP contribution in [0.3, 0.4) is 0 Å². The summed E-state index contributed by atoms with van der Waals surface area (Å²) in [4.78, 5) is 22.3. The molecule has 0 aliphatic carbocycles. The van der Waals surface area contributed by atoms with E-state index in [4.69, 9.17) is 35.8 Å². The monoisotopic (exact) mass is 609 g/mol. The molecule has 5 rings (SSSR count). The zero-order chi connectivity index (χ0) is 29.5. The zero-order valence-corrected chi connectivity index (χ0v) is 23.4. The highest BCUT2D eigenvalue weighted by atomic mass is 32.5. The van der Waals surface area contributed by atoms with Crippen LogP contribution < -0.4 is 20.3 Å². The Labute approximate surface area is 236 Å². The molecule has 4 aromatic rings. The van der Waals surface area contributed by atoms with Gasteiger partial charge in [0.1, 0.15) is 23.7 Å². The highest BCUT2D eigenvalue weighted by molar-refractivity contribution is 8.07. The van der Waals surface area contributed by atoms with Crippen molar-refractivity contribution in [3.05, 3.63) is 76.3 Å². The van der Waals surface area contributed by atoms with Gasteiger partial charge in [0.15, 0.2) is 23.0 Å². The summed E-state index contributed by atoms with van der Waals surface area (Å²) in [6.45, 7) is -1.16. The number of aromatic amines is 1. The number of benzene rings is 2. The van der Waals surface area contributed by atoms with Crippen molar-refractivity contribution in [2.75, 3.05) is 12.3 Å². The van der Waals surface area contributed by atoms with Gasteiger partial charge >= 0.3 is 6.72 Å². The minimum absolute atomic E-state index is 0.149. The van der Waals surface area contributed by atoms with Gasteiger partial charge in [-0.25, -0.2) is 13.8 Å². The molecule has 0 unspecified atom stereocenters. The number of alkyl halides is 2. The Hall–Kier alpha value is -3.46. The summed E-state index contributed by atoms with van der Waals surface area (Å²) < 4.78 is 53.5. The van der Waals surface area contributed by atoms with Crippen LogP contribution in [0.4, 0.5) is 14.7 Å². The summed E-state index contributed by atoms with van der Waals surface area (Å²) in [5.74, 6) is 0.256. The van der Waals surface area contributed by atoms with Gasteiger partial charge in [-0.15, -0.1) is 0 Å². The molecule has 16 heteroatoms.